The van der Waals surface area contributed by atoms with E-state index in [1.54, 1.807) is 11.3 Å². The average Bonchev–Trinajstić information content (AvgIpc) is 2.97. The number of halogens is 1. The fourth-order valence-electron chi connectivity index (χ4n) is 2.24. The van der Waals surface area contributed by atoms with E-state index in [0.29, 0.717) is 0 Å². The van der Waals surface area contributed by atoms with Crippen LogP contribution in [0.3, 0.4) is 0 Å². The molecule has 4 rings (SSSR count). The molecule has 0 unspecified atom stereocenters. The first-order valence-corrected chi connectivity index (χ1v) is 6.85. The maximum atomic E-state index is 5.71. The fraction of sp³-hybridized carbons (Fsp3) is 0. The van der Waals surface area contributed by atoms with E-state index >= 15 is 0 Å². The Morgan fingerprint density at radius 2 is 1.75 bits per heavy atom. The number of rotatable bonds is 1. The molecule has 20 heavy (non-hydrogen) atoms. The van der Waals surface area contributed by atoms with Gasteiger partial charge in [-0.15, -0.1) is 12.4 Å². The Hall–Kier alpha value is -2.04. The van der Waals surface area contributed by atoms with Crippen molar-refractivity contribution in [3.8, 4) is 11.3 Å². The molecular weight excluding hydrogens is 290 g/mol. The zero-order chi connectivity index (χ0) is 12.8. The number of hydrogen-bond donors (Lipinski definition) is 1. The summed E-state index contributed by atoms with van der Waals surface area (Å²) in [6, 6.07) is 16.2. The number of nitrogens with two attached hydrogens (primary N) is 1. The first-order chi connectivity index (χ1) is 9.31. The number of thiazole rings is 1. The topological polar surface area (TPSA) is 43.3 Å². The molecule has 3 nitrogen and oxygen atoms in total. The minimum Gasteiger partial charge on any atom is -0.399 e. The predicted molar refractivity (Wildman–Crippen MR) is 87.7 cm³/mol. The van der Waals surface area contributed by atoms with Crippen LogP contribution in [0.25, 0.3) is 26.4 Å². The third-order valence-electron chi connectivity index (χ3n) is 3.21. The molecule has 0 saturated heterocycles. The third-order valence-corrected chi connectivity index (χ3v) is 4.24. The van der Waals surface area contributed by atoms with E-state index in [1.165, 1.54) is 10.2 Å². The molecule has 0 aliphatic rings. The van der Waals surface area contributed by atoms with Crippen molar-refractivity contribution in [1.82, 2.24) is 9.38 Å². The molecular formula is C15H12ClN3S. The van der Waals surface area contributed by atoms with Crippen molar-refractivity contribution >= 4 is 44.6 Å². The van der Waals surface area contributed by atoms with Gasteiger partial charge < -0.3 is 5.73 Å². The zero-order valence-corrected chi connectivity index (χ0v) is 12.1. The van der Waals surface area contributed by atoms with E-state index in [4.69, 9.17) is 10.7 Å². The van der Waals surface area contributed by atoms with Crippen LogP contribution in [0.15, 0.2) is 54.7 Å². The highest BCUT2D eigenvalue weighted by Crippen LogP contribution is 2.29. The number of para-hydroxylation sites is 1. The molecule has 0 saturated carbocycles. The van der Waals surface area contributed by atoms with Gasteiger partial charge >= 0.3 is 0 Å². The van der Waals surface area contributed by atoms with Crippen LogP contribution >= 0.6 is 23.7 Å². The fourth-order valence-corrected chi connectivity index (χ4v) is 3.25. The van der Waals surface area contributed by atoms with Crippen LogP contribution < -0.4 is 5.73 Å². The van der Waals surface area contributed by atoms with E-state index in [2.05, 4.69) is 34.9 Å². The lowest BCUT2D eigenvalue weighted by Crippen LogP contribution is -1.83. The second-order valence-corrected chi connectivity index (χ2v) is 5.48. The molecule has 0 fully saturated rings. The van der Waals surface area contributed by atoms with Gasteiger partial charge in [0.2, 0.25) is 0 Å². The second-order valence-electron chi connectivity index (χ2n) is 4.47. The summed E-state index contributed by atoms with van der Waals surface area (Å²) in [5.74, 6) is 0. The van der Waals surface area contributed by atoms with Crippen LogP contribution in [0.1, 0.15) is 0 Å². The molecule has 0 amide bonds. The quantitative estimate of drug-likeness (QED) is 0.535. The lowest BCUT2D eigenvalue weighted by atomic mass is 10.1. The summed E-state index contributed by atoms with van der Waals surface area (Å²) in [5.41, 5.74) is 9.76. The molecule has 2 N–H and O–H groups in total. The summed E-state index contributed by atoms with van der Waals surface area (Å²) in [7, 11) is 0. The highest BCUT2D eigenvalue weighted by molar-refractivity contribution is 7.23. The van der Waals surface area contributed by atoms with Gasteiger partial charge in [-0.05, 0) is 24.3 Å². The maximum absolute atomic E-state index is 5.71. The molecule has 2 heterocycles. The molecule has 5 heteroatoms. The number of nitrogen functional groups attached to an aromatic ring is 1. The van der Waals surface area contributed by atoms with E-state index in [-0.39, 0.29) is 12.4 Å². The minimum absolute atomic E-state index is 0. The molecule has 2 aromatic carbocycles. The second kappa shape index (κ2) is 4.81. The van der Waals surface area contributed by atoms with E-state index < -0.39 is 0 Å². The van der Waals surface area contributed by atoms with Crippen LogP contribution in [-0.2, 0) is 0 Å². The molecule has 0 aliphatic carbocycles. The van der Waals surface area contributed by atoms with Crippen LogP contribution in [-0.4, -0.2) is 9.38 Å². The molecule has 0 atom stereocenters. The van der Waals surface area contributed by atoms with Crippen molar-refractivity contribution in [2.45, 2.75) is 0 Å². The first kappa shape index (κ1) is 13.0. The van der Waals surface area contributed by atoms with Crippen molar-refractivity contribution in [2.75, 3.05) is 5.73 Å². The largest absolute Gasteiger partial charge is 0.399 e. The Balaban J connectivity index is 0.00000121. The van der Waals surface area contributed by atoms with E-state index in [0.717, 1.165) is 21.9 Å². The number of aromatic nitrogens is 2. The summed E-state index contributed by atoms with van der Waals surface area (Å²) in [4.78, 5) is 5.71. The minimum atomic E-state index is 0. The lowest BCUT2D eigenvalue weighted by Gasteiger charge is -1.96. The van der Waals surface area contributed by atoms with Gasteiger partial charge in [-0.1, -0.05) is 35.6 Å². The van der Waals surface area contributed by atoms with Gasteiger partial charge in [0.15, 0.2) is 4.96 Å². The molecule has 0 radical (unpaired) electrons. The Morgan fingerprint density at radius 3 is 2.55 bits per heavy atom. The summed E-state index contributed by atoms with van der Waals surface area (Å²) in [5, 5.41) is 0. The summed E-state index contributed by atoms with van der Waals surface area (Å²) in [6.45, 7) is 0. The van der Waals surface area contributed by atoms with Gasteiger partial charge in [-0.3, -0.25) is 4.40 Å². The number of imidazole rings is 1. The average molecular weight is 302 g/mol. The number of nitrogens with zero attached hydrogens (tertiary/aromatic N) is 2. The van der Waals surface area contributed by atoms with E-state index in [9.17, 15) is 0 Å². The monoisotopic (exact) mass is 301 g/mol. The molecule has 0 aliphatic heterocycles. The predicted octanol–water partition coefficient (Wildman–Crippen LogP) is 4.22. The van der Waals surface area contributed by atoms with Crippen LogP contribution in [0.5, 0.6) is 0 Å². The number of benzene rings is 2. The first-order valence-electron chi connectivity index (χ1n) is 6.04. The van der Waals surface area contributed by atoms with Gasteiger partial charge in [-0.2, -0.15) is 0 Å². The van der Waals surface area contributed by atoms with Gasteiger partial charge in [0, 0.05) is 17.4 Å². The highest BCUT2D eigenvalue weighted by Gasteiger charge is 2.09. The Labute approximate surface area is 126 Å². The van der Waals surface area contributed by atoms with Gasteiger partial charge in [0.1, 0.15) is 0 Å². The summed E-state index contributed by atoms with van der Waals surface area (Å²) < 4.78 is 3.40. The zero-order valence-electron chi connectivity index (χ0n) is 10.5. The summed E-state index contributed by atoms with van der Waals surface area (Å²) >= 11 is 1.71. The van der Waals surface area contributed by atoms with Crippen molar-refractivity contribution < 1.29 is 0 Å². The van der Waals surface area contributed by atoms with E-state index in [1.807, 2.05) is 24.3 Å². The Morgan fingerprint density at radius 1 is 1.00 bits per heavy atom. The number of fused-ring (bicyclic) bond motifs is 3. The van der Waals surface area contributed by atoms with Gasteiger partial charge in [0.25, 0.3) is 0 Å². The van der Waals surface area contributed by atoms with Crippen LogP contribution in [0.2, 0.25) is 0 Å². The standard InChI is InChI=1S/C15H11N3S.ClH/c16-11-7-5-10(6-8-11)12-9-18-13-3-1-2-4-14(13)19-15(18)17-12;/h1-9H,16H2;1H. The van der Waals surface area contributed by atoms with Gasteiger partial charge in [-0.25, -0.2) is 4.98 Å². The molecule has 0 spiro atoms. The third kappa shape index (κ3) is 1.94. The van der Waals surface area contributed by atoms with Crippen LogP contribution in [0, 0.1) is 0 Å². The molecule has 100 valence electrons. The maximum Gasteiger partial charge on any atom is 0.195 e. The summed E-state index contributed by atoms with van der Waals surface area (Å²) in [6.07, 6.45) is 2.08. The smallest absolute Gasteiger partial charge is 0.195 e. The van der Waals surface area contributed by atoms with Gasteiger partial charge in [0.05, 0.1) is 15.9 Å². The van der Waals surface area contributed by atoms with Crippen molar-refractivity contribution in [1.29, 1.82) is 0 Å². The normalized spacial score (nSPS) is 10.8. The highest BCUT2D eigenvalue weighted by atomic mass is 35.5. The van der Waals surface area contributed by atoms with Crippen molar-refractivity contribution in [3.63, 3.8) is 0 Å². The molecule has 2 aromatic heterocycles. The Bertz CT molecular complexity index is 877. The Kier molecular flexibility index (Phi) is 3.12. The SMILES string of the molecule is Cl.Nc1ccc(-c2cn3c(n2)sc2ccccc23)cc1. The lowest BCUT2D eigenvalue weighted by molar-refractivity contribution is 1.30. The number of hydrogen-bond acceptors (Lipinski definition) is 3. The molecule has 0 bridgehead atoms. The van der Waals surface area contributed by atoms with Crippen molar-refractivity contribution in [3.05, 3.63) is 54.7 Å². The molecule has 4 aromatic rings. The number of anilines is 1. The van der Waals surface area contributed by atoms with Crippen molar-refractivity contribution in [2.24, 2.45) is 0 Å². The van der Waals surface area contributed by atoms with Crippen LogP contribution in [0.4, 0.5) is 5.69 Å².